The Morgan fingerprint density at radius 2 is 2.13 bits per heavy atom. The first-order chi connectivity index (χ1) is 14.7. The molecular formula is C23H27N5O2. The number of hydrogen-bond acceptors (Lipinski definition) is 4. The summed E-state index contributed by atoms with van der Waals surface area (Å²) in [5, 5.41) is 1.11. The highest BCUT2D eigenvalue weighted by atomic mass is 16.6. The molecule has 0 spiro atoms. The molecule has 7 heteroatoms. The van der Waals surface area contributed by atoms with Gasteiger partial charge in [0.15, 0.2) is 0 Å². The summed E-state index contributed by atoms with van der Waals surface area (Å²) in [5.74, 6) is 4.75. The minimum atomic E-state index is -0.235. The van der Waals surface area contributed by atoms with Crippen molar-refractivity contribution in [2.24, 2.45) is 5.92 Å². The largest absolute Gasteiger partial charge is 0.450 e. The van der Waals surface area contributed by atoms with Crippen LogP contribution in [0.1, 0.15) is 56.8 Å². The molecule has 0 aromatic carbocycles. The topological polar surface area (TPSA) is 76.0 Å². The highest BCUT2D eigenvalue weighted by Crippen LogP contribution is 2.40. The summed E-state index contributed by atoms with van der Waals surface area (Å²) >= 11 is 0. The number of ether oxygens (including phenoxy) is 1. The molecule has 4 heterocycles. The second-order valence-electron chi connectivity index (χ2n) is 8.46. The number of carbonyl (C=O) groups is 1. The van der Waals surface area contributed by atoms with Crippen molar-refractivity contribution in [1.82, 2.24) is 24.4 Å². The lowest BCUT2D eigenvalue weighted by molar-refractivity contribution is 0.0724. The number of hydrogen-bond donors (Lipinski definition) is 1. The first kappa shape index (κ1) is 19.0. The maximum atomic E-state index is 12.0. The molecular weight excluding hydrogens is 378 g/mol. The maximum absolute atomic E-state index is 12.0. The van der Waals surface area contributed by atoms with Gasteiger partial charge >= 0.3 is 6.09 Å². The van der Waals surface area contributed by atoms with Crippen LogP contribution in [0.15, 0.2) is 18.5 Å². The number of nitrogens with one attached hydrogen (secondary N) is 1. The smallest absolute Gasteiger partial charge is 0.409 e. The van der Waals surface area contributed by atoms with E-state index in [1.54, 1.807) is 4.90 Å². The van der Waals surface area contributed by atoms with Crippen LogP contribution in [-0.4, -0.2) is 50.2 Å². The number of aromatic amines is 1. The van der Waals surface area contributed by atoms with E-state index in [0.717, 1.165) is 60.0 Å². The highest BCUT2D eigenvalue weighted by Gasteiger charge is 2.38. The first-order valence-corrected chi connectivity index (χ1v) is 10.9. The Morgan fingerprint density at radius 1 is 1.33 bits per heavy atom. The molecule has 3 aromatic rings. The van der Waals surface area contributed by atoms with Gasteiger partial charge in [-0.3, -0.25) is 0 Å². The van der Waals surface area contributed by atoms with Gasteiger partial charge in [-0.15, -0.1) is 12.3 Å². The number of pyridine rings is 1. The molecule has 30 heavy (non-hydrogen) atoms. The van der Waals surface area contributed by atoms with Gasteiger partial charge < -0.3 is 19.2 Å². The van der Waals surface area contributed by atoms with Crippen molar-refractivity contribution < 1.29 is 9.53 Å². The summed E-state index contributed by atoms with van der Waals surface area (Å²) < 4.78 is 7.60. The lowest BCUT2D eigenvalue weighted by Crippen LogP contribution is -2.49. The Morgan fingerprint density at radius 3 is 2.87 bits per heavy atom. The van der Waals surface area contributed by atoms with Gasteiger partial charge in [0.1, 0.15) is 17.0 Å². The molecule has 1 aliphatic carbocycles. The van der Waals surface area contributed by atoms with Crippen LogP contribution in [0.4, 0.5) is 4.79 Å². The van der Waals surface area contributed by atoms with Crippen molar-refractivity contribution in [3.8, 4) is 12.3 Å². The van der Waals surface area contributed by atoms with E-state index >= 15 is 0 Å². The molecule has 0 atom stereocenters. The standard InChI is InChI=1S/C23H27N5O2/c1-3-5-15-6-8-17(9-7-15)28-20-18-10-11-24-21(18)25-12-19(20)26-22(28)16-13-27(14-16)23(29)30-4-2/h1,10-12,15-17H,4-9,13-14H2,2H3,(H,24,25)/t15-,17-. The average Bonchev–Trinajstić information content (AvgIpc) is 3.32. The summed E-state index contributed by atoms with van der Waals surface area (Å²) in [5.41, 5.74) is 2.97. The molecule has 1 aliphatic heterocycles. The number of imidazole rings is 1. The normalized spacial score (nSPS) is 22.2. The Hall–Kier alpha value is -3.01. The monoisotopic (exact) mass is 405 g/mol. The zero-order valence-corrected chi connectivity index (χ0v) is 17.3. The van der Waals surface area contributed by atoms with E-state index in [9.17, 15) is 4.79 Å². The predicted octanol–water partition coefficient (Wildman–Crippen LogP) is 4.22. The second-order valence-corrected chi connectivity index (χ2v) is 8.46. The van der Waals surface area contributed by atoms with Crippen LogP contribution in [-0.2, 0) is 4.74 Å². The fraction of sp³-hybridized carbons (Fsp3) is 0.522. The summed E-state index contributed by atoms with van der Waals surface area (Å²) in [6.07, 6.45) is 14.5. The molecule has 2 fully saturated rings. The van der Waals surface area contributed by atoms with E-state index in [1.165, 1.54) is 0 Å². The fourth-order valence-corrected chi connectivity index (χ4v) is 5.05. The Kier molecular flexibility index (Phi) is 4.86. The van der Waals surface area contributed by atoms with Gasteiger partial charge in [0, 0.05) is 37.1 Å². The van der Waals surface area contributed by atoms with Crippen LogP contribution in [0.3, 0.4) is 0 Å². The predicted molar refractivity (Wildman–Crippen MR) is 115 cm³/mol. The van der Waals surface area contributed by atoms with Crippen LogP contribution in [0.25, 0.3) is 22.1 Å². The molecule has 5 rings (SSSR count). The molecule has 1 saturated carbocycles. The van der Waals surface area contributed by atoms with Gasteiger partial charge in [-0.25, -0.2) is 14.8 Å². The number of H-pyrrole nitrogens is 1. The number of aromatic nitrogens is 4. The van der Waals surface area contributed by atoms with E-state index in [2.05, 4.69) is 26.5 Å². The molecule has 7 nitrogen and oxygen atoms in total. The van der Waals surface area contributed by atoms with Crippen LogP contribution in [0.5, 0.6) is 0 Å². The van der Waals surface area contributed by atoms with E-state index in [0.29, 0.717) is 31.7 Å². The van der Waals surface area contributed by atoms with E-state index in [-0.39, 0.29) is 12.0 Å². The highest BCUT2D eigenvalue weighted by molar-refractivity contribution is 6.01. The number of fused-ring (bicyclic) bond motifs is 3. The first-order valence-electron chi connectivity index (χ1n) is 10.9. The third kappa shape index (κ3) is 3.11. The van der Waals surface area contributed by atoms with Crippen molar-refractivity contribution in [1.29, 1.82) is 0 Å². The molecule has 1 amide bonds. The number of carbonyl (C=O) groups excluding carboxylic acids is 1. The molecule has 156 valence electrons. The van der Waals surface area contributed by atoms with Crippen LogP contribution in [0.2, 0.25) is 0 Å². The number of terminal acetylenes is 1. The molecule has 1 saturated heterocycles. The number of rotatable bonds is 4. The lowest BCUT2D eigenvalue weighted by atomic mass is 9.84. The zero-order chi connectivity index (χ0) is 20.7. The molecule has 1 N–H and O–H groups in total. The van der Waals surface area contributed by atoms with E-state index in [4.69, 9.17) is 16.1 Å². The zero-order valence-electron chi connectivity index (χ0n) is 17.3. The number of likely N-dealkylation sites (tertiary alicyclic amines) is 1. The van der Waals surface area contributed by atoms with Crippen molar-refractivity contribution in [2.45, 2.75) is 51.0 Å². The fourth-order valence-electron chi connectivity index (χ4n) is 5.05. The Bertz CT molecular complexity index is 1110. The summed E-state index contributed by atoms with van der Waals surface area (Å²) in [6, 6.07) is 2.48. The number of nitrogens with zero attached hydrogens (tertiary/aromatic N) is 4. The molecule has 0 bridgehead atoms. The van der Waals surface area contributed by atoms with Gasteiger partial charge in [0.05, 0.1) is 24.2 Å². The van der Waals surface area contributed by atoms with Gasteiger partial charge in [-0.2, -0.15) is 0 Å². The molecule has 3 aromatic heterocycles. The van der Waals surface area contributed by atoms with E-state index in [1.807, 2.05) is 19.3 Å². The van der Waals surface area contributed by atoms with Crippen LogP contribution < -0.4 is 0 Å². The van der Waals surface area contributed by atoms with Crippen molar-refractivity contribution >= 4 is 28.2 Å². The van der Waals surface area contributed by atoms with Crippen molar-refractivity contribution in [2.75, 3.05) is 19.7 Å². The molecule has 2 aliphatic rings. The second kappa shape index (κ2) is 7.67. The van der Waals surface area contributed by atoms with Gasteiger partial charge in [-0.1, -0.05) is 0 Å². The minimum absolute atomic E-state index is 0.222. The average molecular weight is 406 g/mol. The van der Waals surface area contributed by atoms with Crippen molar-refractivity contribution in [3.05, 3.63) is 24.3 Å². The summed E-state index contributed by atoms with van der Waals surface area (Å²) in [4.78, 5) is 26.6. The quantitative estimate of drug-likeness (QED) is 0.659. The molecule has 0 radical (unpaired) electrons. The van der Waals surface area contributed by atoms with Gasteiger partial charge in [-0.05, 0) is 44.6 Å². The molecule has 0 unspecified atom stereocenters. The van der Waals surface area contributed by atoms with Gasteiger partial charge in [0.2, 0.25) is 0 Å². The third-order valence-corrected chi connectivity index (χ3v) is 6.62. The van der Waals surface area contributed by atoms with Crippen LogP contribution in [0, 0.1) is 18.3 Å². The van der Waals surface area contributed by atoms with E-state index < -0.39 is 0 Å². The summed E-state index contributed by atoms with van der Waals surface area (Å²) in [7, 11) is 0. The minimum Gasteiger partial charge on any atom is -0.450 e. The van der Waals surface area contributed by atoms with Crippen LogP contribution >= 0.6 is 0 Å². The Labute approximate surface area is 175 Å². The Balaban J connectivity index is 1.50. The number of amides is 1. The SMILES string of the molecule is C#CC[C@H]1CC[C@H](n2c(C3CN(C(=O)OCC)C3)nc3cnc4[nH]ccc4c32)CC1. The summed E-state index contributed by atoms with van der Waals surface area (Å²) in [6.45, 7) is 3.54. The van der Waals surface area contributed by atoms with Crippen molar-refractivity contribution in [3.63, 3.8) is 0 Å². The van der Waals surface area contributed by atoms with Gasteiger partial charge in [0.25, 0.3) is 0 Å². The lowest BCUT2D eigenvalue weighted by Gasteiger charge is -2.39. The third-order valence-electron chi connectivity index (χ3n) is 6.62. The maximum Gasteiger partial charge on any atom is 0.409 e.